The van der Waals surface area contributed by atoms with Gasteiger partial charge in [0.05, 0.1) is 0 Å². The molecule has 0 saturated carbocycles. The van der Waals surface area contributed by atoms with E-state index >= 15 is 0 Å². The minimum absolute atomic E-state index is 1.12. The Kier molecular flexibility index (Phi) is 8.72. The maximum absolute atomic E-state index is 2.36. The van der Waals surface area contributed by atoms with Crippen molar-refractivity contribution in [3.05, 3.63) is 231 Å². The van der Waals surface area contributed by atoms with E-state index in [0.717, 1.165) is 34.1 Å². The van der Waals surface area contributed by atoms with Gasteiger partial charge in [0.25, 0.3) is 0 Å². The first-order valence-corrected chi connectivity index (χ1v) is 20.9. The van der Waals surface area contributed by atoms with Crippen LogP contribution >= 0.6 is 11.3 Å². The molecule has 1 aromatic heterocycles. The SMILES string of the molecule is c1ccc2cc(N(c3ccc(-c4ccc(-c5ccc(N(c6ccc7ccccc7c6)c6ccc7ccccc7c6)cc5)s4)cc3)c3ccc4ccccc4c3)ccc2c1. The van der Waals surface area contributed by atoms with Gasteiger partial charge in [0, 0.05) is 43.9 Å². The predicted molar refractivity (Wildman–Crippen MR) is 255 cm³/mol. The van der Waals surface area contributed by atoms with Crippen LogP contribution in [0.1, 0.15) is 0 Å². The summed E-state index contributed by atoms with van der Waals surface area (Å²) < 4.78 is 0. The number of fused-ring (bicyclic) bond motifs is 4. The second-order valence-electron chi connectivity index (χ2n) is 15.1. The fraction of sp³-hybridized carbons (Fsp3) is 0. The molecule has 0 aliphatic carbocycles. The van der Waals surface area contributed by atoms with Gasteiger partial charge in [-0.25, -0.2) is 0 Å². The molecule has 0 atom stereocenters. The van der Waals surface area contributed by atoms with Crippen molar-refractivity contribution < 1.29 is 0 Å². The molecule has 0 spiro atoms. The van der Waals surface area contributed by atoms with Gasteiger partial charge in [-0.05, 0) is 139 Å². The summed E-state index contributed by atoms with van der Waals surface area (Å²) in [5.41, 5.74) is 9.18. The van der Waals surface area contributed by atoms with Crippen molar-refractivity contribution in [1.82, 2.24) is 0 Å². The minimum atomic E-state index is 1.12. The van der Waals surface area contributed by atoms with E-state index in [4.69, 9.17) is 0 Å². The van der Waals surface area contributed by atoms with Crippen LogP contribution in [0.4, 0.5) is 34.1 Å². The molecule has 11 rings (SSSR count). The molecular formula is C56H38N2S. The summed E-state index contributed by atoms with van der Waals surface area (Å²) in [6, 6.07) is 83.8. The van der Waals surface area contributed by atoms with Crippen LogP contribution in [0.25, 0.3) is 64.0 Å². The summed E-state index contributed by atoms with van der Waals surface area (Å²) in [6.07, 6.45) is 0. The first kappa shape index (κ1) is 34.8. The zero-order valence-corrected chi connectivity index (χ0v) is 33.1. The van der Waals surface area contributed by atoms with E-state index in [-0.39, 0.29) is 0 Å². The summed E-state index contributed by atoms with van der Waals surface area (Å²) in [5, 5.41) is 9.84. The molecule has 0 radical (unpaired) electrons. The summed E-state index contributed by atoms with van der Waals surface area (Å²) in [5.74, 6) is 0. The van der Waals surface area contributed by atoms with Gasteiger partial charge in [0.15, 0.2) is 0 Å². The summed E-state index contributed by atoms with van der Waals surface area (Å²) in [7, 11) is 0. The first-order valence-electron chi connectivity index (χ1n) is 20.1. The number of hydrogen-bond donors (Lipinski definition) is 0. The van der Waals surface area contributed by atoms with Gasteiger partial charge in [0.2, 0.25) is 0 Å². The molecule has 10 aromatic carbocycles. The van der Waals surface area contributed by atoms with Gasteiger partial charge in [-0.2, -0.15) is 0 Å². The zero-order valence-electron chi connectivity index (χ0n) is 32.2. The van der Waals surface area contributed by atoms with E-state index in [2.05, 4.69) is 240 Å². The predicted octanol–water partition coefficient (Wildman–Crippen LogP) is 16.6. The van der Waals surface area contributed by atoms with Crippen molar-refractivity contribution in [3.63, 3.8) is 0 Å². The molecule has 0 aliphatic rings. The summed E-state index contributed by atoms with van der Waals surface area (Å²) in [6.45, 7) is 0. The lowest BCUT2D eigenvalue weighted by Gasteiger charge is -2.26. The fourth-order valence-electron chi connectivity index (χ4n) is 8.36. The molecule has 0 amide bonds. The van der Waals surface area contributed by atoms with E-state index in [1.54, 1.807) is 0 Å². The smallest absolute Gasteiger partial charge is 0.0468 e. The van der Waals surface area contributed by atoms with Crippen LogP contribution < -0.4 is 9.80 Å². The van der Waals surface area contributed by atoms with Crippen LogP contribution in [-0.4, -0.2) is 0 Å². The second-order valence-corrected chi connectivity index (χ2v) is 16.1. The third-order valence-corrected chi connectivity index (χ3v) is 12.6. The van der Waals surface area contributed by atoms with E-state index in [0.29, 0.717) is 0 Å². The maximum Gasteiger partial charge on any atom is 0.0468 e. The van der Waals surface area contributed by atoms with Crippen molar-refractivity contribution >= 4 is 88.6 Å². The Hall–Kier alpha value is -7.46. The Labute approximate surface area is 348 Å². The maximum atomic E-state index is 2.36. The Morgan fingerprint density at radius 2 is 0.475 bits per heavy atom. The van der Waals surface area contributed by atoms with Crippen molar-refractivity contribution in [2.45, 2.75) is 0 Å². The molecular weight excluding hydrogens is 733 g/mol. The van der Waals surface area contributed by atoms with Crippen LogP contribution in [0, 0.1) is 0 Å². The van der Waals surface area contributed by atoms with Crippen molar-refractivity contribution in [2.24, 2.45) is 0 Å². The van der Waals surface area contributed by atoms with E-state index in [1.807, 2.05) is 11.3 Å². The van der Waals surface area contributed by atoms with E-state index in [9.17, 15) is 0 Å². The third-order valence-electron chi connectivity index (χ3n) is 11.4. The molecule has 0 fully saturated rings. The fourth-order valence-corrected chi connectivity index (χ4v) is 9.37. The molecule has 3 heteroatoms. The highest BCUT2D eigenvalue weighted by molar-refractivity contribution is 7.18. The van der Waals surface area contributed by atoms with Gasteiger partial charge < -0.3 is 9.80 Å². The largest absolute Gasteiger partial charge is 0.310 e. The van der Waals surface area contributed by atoms with E-state index in [1.165, 1.54) is 64.0 Å². The lowest BCUT2D eigenvalue weighted by Crippen LogP contribution is -2.09. The van der Waals surface area contributed by atoms with Crippen LogP contribution in [0.2, 0.25) is 0 Å². The first-order chi connectivity index (χ1) is 29.2. The molecule has 1 heterocycles. The third kappa shape index (κ3) is 6.68. The van der Waals surface area contributed by atoms with Crippen molar-refractivity contribution in [2.75, 3.05) is 9.80 Å². The topological polar surface area (TPSA) is 6.48 Å². The van der Waals surface area contributed by atoms with Crippen LogP contribution in [0.15, 0.2) is 231 Å². The molecule has 2 nitrogen and oxygen atoms in total. The van der Waals surface area contributed by atoms with Crippen molar-refractivity contribution in [3.8, 4) is 20.9 Å². The van der Waals surface area contributed by atoms with Gasteiger partial charge >= 0.3 is 0 Å². The molecule has 0 saturated heterocycles. The Balaban J connectivity index is 0.909. The standard InChI is InChI=1S/C56H38N2S/c1-5-13-45-35-51(29-17-39(45)9-1)57(52-30-18-40-10-2-6-14-46(40)36-52)49-25-21-43(22-26-49)55-33-34-56(59-55)44-23-27-50(28-24-44)58(53-31-19-41-11-3-7-15-47(41)37-53)54-32-20-42-12-4-8-16-48(42)38-54/h1-38H. The number of benzene rings is 10. The molecule has 278 valence electrons. The van der Waals surface area contributed by atoms with Crippen LogP contribution in [-0.2, 0) is 0 Å². The summed E-state index contributed by atoms with van der Waals surface area (Å²) >= 11 is 1.83. The van der Waals surface area contributed by atoms with Crippen LogP contribution in [0.5, 0.6) is 0 Å². The van der Waals surface area contributed by atoms with Gasteiger partial charge in [-0.1, -0.05) is 146 Å². The van der Waals surface area contributed by atoms with Gasteiger partial charge in [-0.3, -0.25) is 0 Å². The number of nitrogens with zero attached hydrogens (tertiary/aromatic N) is 2. The molecule has 11 aromatic rings. The van der Waals surface area contributed by atoms with Gasteiger partial charge in [-0.15, -0.1) is 11.3 Å². The highest BCUT2D eigenvalue weighted by Gasteiger charge is 2.17. The highest BCUT2D eigenvalue weighted by Crippen LogP contribution is 2.42. The normalized spacial score (nSPS) is 11.4. The molecule has 0 unspecified atom stereocenters. The molecule has 0 N–H and O–H groups in total. The number of anilines is 6. The van der Waals surface area contributed by atoms with E-state index < -0.39 is 0 Å². The quantitative estimate of drug-likeness (QED) is 0.152. The monoisotopic (exact) mass is 770 g/mol. The number of rotatable bonds is 8. The van der Waals surface area contributed by atoms with Crippen LogP contribution in [0.3, 0.4) is 0 Å². The Morgan fingerprint density at radius 1 is 0.220 bits per heavy atom. The lowest BCUT2D eigenvalue weighted by molar-refractivity contribution is 1.29. The lowest BCUT2D eigenvalue weighted by atomic mass is 10.1. The highest BCUT2D eigenvalue weighted by atomic mass is 32.1. The molecule has 59 heavy (non-hydrogen) atoms. The summed E-state index contributed by atoms with van der Waals surface area (Å²) in [4.78, 5) is 7.21. The average molecular weight is 771 g/mol. The zero-order chi connectivity index (χ0) is 39.1. The van der Waals surface area contributed by atoms with Crippen molar-refractivity contribution in [1.29, 1.82) is 0 Å². The molecule has 0 bridgehead atoms. The molecule has 0 aliphatic heterocycles. The number of thiophene rings is 1. The Morgan fingerprint density at radius 3 is 0.763 bits per heavy atom. The van der Waals surface area contributed by atoms with Gasteiger partial charge in [0.1, 0.15) is 0 Å². The Bertz CT molecular complexity index is 2910. The average Bonchev–Trinajstić information content (AvgIpc) is 3.80. The minimum Gasteiger partial charge on any atom is -0.310 e. The number of hydrogen-bond acceptors (Lipinski definition) is 3. The second kappa shape index (κ2) is 14.8.